The Labute approximate surface area is 403 Å². The highest BCUT2D eigenvalue weighted by molar-refractivity contribution is 7.47. The quantitative estimate of drug-likeness (QED) is 0.0197. The fourth-order valence-corrected chi connectivity index (χ4v) is 8.27. The molecule has 0 aromatic rings. The van der Waals surface area contributed by atoms with Crippen molar-refractivity contribution in [1.29, 1.82) is 0 Å². The van der Waals surface area contributed by atoms with Gasteiger partial charge >= 0.3 is 25.7 Å². The smallest absolute Gasteiger partial charge is 0.462 e. The average molecular weight is 955 g/mol. The molecule has 0 saturated heterocycles. The molecule has 0 saturated carbocycles. The zero-order valence-electron chi connectivity index (χ0n) is 42.4. The number of carbonyl (C=O) groups is 3. The van der Waals surface area contributed by atoms with Gasteiger partial charge in [-0.05, 0) is 51.4 Å². The van der Waals surface area contributed by atoms with Gasteiger partial charge in [0.2, 0.25) is 0 Å². The Morgan fingerprint density at radius 1 is 0.439 bits per heavy atom. The van der Waals surface area contributed by atoms with Crippen LogP contribution in [0.3, 0.4) is 0 Å². The number of unbranched alkanes of at least 4 members (excludes halogenated alkanes) is 27. The van der Waals surface area contributed by atoms with E-state index in [-0.39, 0.29) is 25.9 Å². The van der Waals surface area contributed by atoms with Crippen LogP contribution in [0.15, 0.2) is 36.5 Å². The Balaban J connectivity index is 4.73. The van der Waals surface area contributed by atoms with Gasteiger partial charge in [-0.3, -0.25) is 23.4 Å². The molecule has 0 spiro atoms. The van der Waals surface area contributed by atoms with Crippen LogP contribution in [0.25, 0.3) is 0 Å². The highest BCUT2D eigenvalue weighted by atomic mass is 31.2. The van der Waals surface area contributed by atoms with Crippen LogP contribution in [0.2, 0.25) is 0 Å². The molecular weight excluding hydrogens is 856 g/mol. The minimum absolute atomic E-state index is 0.160. The van der Waals surface area contributed by atoms with E-state index in [1.54, 1.807) is 0 Å². The third kappa shape index (κ3) is 46.8. The van der Waals surface area contributed by atoms with Crippen molar-refractivity contribution in [3.05, 3.63) is 36.5 Å². The molecule has 0 aliphatic rings. The monoisotopic (exact) mass is 955 g/mol. The van der Waals surface area contributed by atoms with E-state index < -0.39 is 57.8 Å². The van der Waals surface area contributed by atoms with Crippen LogP contribution in [-0.4, -0.2) is 66.5 Å². The first kappa shape index (κ1) is 63.7. The minimum Gasteiger partial charge on any atom is -0.462 e. The molecule has 0 rings (SSSR count). The van der Waals surface area contributed by atoms with Crippen LogP contribution < -0.4 is 0 Å². The maximum atomic E-state index is 12.9. The van der Waals surface area contributed by atoms with Gasteiger partial charge in [0, 0.05) is 19.3 Å². The summed E-state index contributed by atoms with van der Waals surface area (Å²) in [5, 5.41) is 9.75. The zero-order chi connectivity index (χ0) is 48.4. The Kier molecular flexibility index (Phi) is 47.4. The Morgan fingerprint density at radius 3 is 1.21 bits per heavy atom. The number of carbonyl (C=O) groups excluding carboxylic acids is 3. The molecule has 386 valence electrons. The number of hydrogen-bond acceptors (Lipinski definition) is 10. The van der Waals surface area contributed by atoms with Crippen molar-refractivity contribution >= 4 is 25.7 Å². The maximum Gasteiger partial charge on any atom is 0.472 e. The van der Waals surface area contributed by atoms with Crippen molar-refractivity contribution < 1.29 is 52.2 Å². The van der Waals surface area contributed by atoms with Gasteiger partial charge in [0.05, 0.1) is 19.8 Å². The van der Waals surface area contributed by atoms with Gasteiger partial charge in [-0.25, -0.2) is 4.57 Å². The van der Waals surface area contributed by atoms with E-state index in [1.807, 2.05) is 0 Å². The summed E-state index contributed by atoms with van der Waals surface area (Å²) < 4.78 is 39.3. The maximum absolute atomic E-state index is 12.9. The van der Waals surface area contributed by atoms with E-state index in [1.165, 1.54) is 103 Å². The molecule has 0 bridgehead atoms. The lowest BCUT2D eigenvalue weighted by Crippen LogP contribution is -2.30. The van der Waals surface area contributed by atoms with Crippen LogP contribution in [-0.2, 0) is 42.2 Å². The second-order valence-electron chi connectivity index (χ2n) is 18.0. The topological polar surface area (TPSA) is 155 Å². The zero-order valence-corrected chi connectivity index (χ0v) is 43.3. The lowest BCUT2D eigenvalue weighted by atomic mass is 10.0. The summed E-state index contributed by atoms with van der Waals surface area (Å²) in [6.45, 7) is 4.51. The molecule has 0 radical (unpaired) electrons. The molecular formula is C54H99O11P. The van der Waals surface area contributed by atoms with E-state index in [9.17, 15) is 28.9 Å². The Hall–Kier alpha value is -2.30. The second kappa shape index (κ2) is 49.1. The number of allylic oxidation sites excluding steroid dienone is 6. The summed E-state index contributed by atoms with van der Waals surface area (Å²) in [5.74, 6) is -1.46. The molecule has 3 atom stereocenters. The molecule has 0 aromatic carbocycles. The van der Waals surface area contributed by atoms with Crippen molar-refractivity contribution in [3.8, 4) is 0 Å². The number of esters is 3. The van der Waals surface area contributed by atoms with E-state index in [0.29, 0.717) is 19.3 Å². The first-order valence-electron chi connectivity index (χ1n) is 26.9. The van der Waals surface area contributed by atoms with Gasteiger partial charge < -0.3 is 24.2 Å². The SMILES string of the molecule is CC/C=C\C/C=C\C/C=C\CCCCCCCCCC(=O)OC(COC(=O)CCCCCCCCCCCCCCC)COP(=O)(O)OCC(CO)OC(=O)CCCCCCCCCCC. The van der Waals surface area contributed by atoms with E-state index in [2.05, 4.69) is 57.2 Å². The fourth-order valence-electron chi connectivity index (χ4n) is 7.49. The standard InChI is InChI=1S/C54H99O11P/c1-4-7-10-13-16-19-21-23-24-25-26-28-30-33-36-39-42-45-54(58)65-51(47-61-52(56)43-40-37-34-32-29-27-22-20-17-14-11-8-5-2)49-63-66(59,60)62-48-50(46-55)64-53(57)44-41-38-35-31-18-15-12-9-6-3/h7,10,16,19,23-24,50-51,55H,4-6,8-9,11-15,17-18,20-22,25-49H2,1-3H3,(H,59,60)/b10-7-,19-16-,24-23-. The van der Waals surface area contributed by atoms with E-state index in [4.69, 9.17) is 23.3 Å². The van der Waals surface area contributed by atoms with Gasteiger partial charge in [0.1, 0.15) is 12.7 Å². The first-order chi connectivity index (χ1) is 32.2. The van der Waals surface area contributed by atoms with Crippen molar-refractivity contribution in [2.45, 2.75) is 264 Å². The highest BCUT2D eigenvalue weighted by Gasteiger charge is 2.28. The molecule has 66 heavy (non-hydrogen) atoms. The van der Waals surface area contributed by atoms with Crippen molar-refractivity contribution in [3.63, 3.8) is 0 Å². The van der Waals surface area contributed by atoms with Crippen molar-refractivity contribution in [2.75, 3.05) is 26.4 Å². The fraction of sp³-hybridized carbons (Fsp3) is 0.833. The summed E-state index contributed by atoms with van der Waals surface area (Å²) in [5.41, 5.74) is 0. The predicted octanol–water partition coefficient (Wildman–Crippen LogP) is 15.3. The normalized spacial score (nSPS) is 13.7. The molecule has 0 amide bonds. The van der Waals surface area contributed by atoms with Crippen LogP contribution in [0.1, 0.15) is 252 Å². The third-order valence-corrected chi connectivity index (χ3v) is 12.5. The molecule has 3 unspecified atom stereocenters. The number of ether oxygens (including phenoxy) is 3. The van der Waals surface area contributed by atoms with Crippen molar-refractivity contribution in [1.82, 2.24) is 0 Å². The average Bonchev–Trinajstić information content (AvgIpc) is 3.30. The van der Waals surface area contributed by atoms with Crippen molar-refractivity contribution in [2.24, 2.45) is 0 Å². The molecule has 2 N–H and O–H groups in total. The lowest BCUT2D eigenvalue weighted by molar-refractivity contribution is -0.161. The molecule has 0 aliphatic carbocycles. The van der Waals surface area contributed by atoms with Gasteiger partial charge in [0.25, 0.3) is 0 Å². The molecule has 0 heterocycles. The molecule has 11 nitrogen and oxygen atoms in total. The number of phosphoric acid groups is 1. The highest BCUT2D eigenvalue weighted by Crippen LogP contribution is 2.43. The van der Waals surface area contributed by atoms with E-state index in [0.717, 1.165) is 89.9 Å². The second-order valence-corrected chi connectivity index (χ2v) is 19.5. The summed E-state index contributed by atoms with van der Waals surface area (Å²) in [7, 11) is -4.73. The van der Waals surface area contributed by atoms with Gasteiger partial charge in [-0.1, -0.05) is 218 Å². The lowest BCUT2D eigenvalue weighted by Gasteiger charge is -2.21. The van der Waals surface area contributed by atoms with Crippen LogP contribution >= 0.6 is 7.82 Å². The van der Waals surface area contributed by atoms with Crippen LogP contribution in [0, 0.1) is 0 Å². The molecule has 12 heteroatoms. The van der Waals surface area contributed by atoms with E-state index >= 15 is 0 Å². The van der Waals surface area contributed by atoms with Crippen LogP contribution in [0.5, 0.6) is 0 Å². The molecule has 0 aliphatic heterocycles. The largest absolute Gasteiger partial charge is 0.472 e. The Morgan fingerprint density at radius 2 is 0.788 bits per heavy atom. The summed E-state index contributed by atoms with van der Waals surface area (Å²) >= 11 is 0. The summed E-state index contributed by atoms with van der Waals surface area (Å²) in [6, 6.07) is 0. The first-order valence-corrected chi connectivity index (χ1v) is 28.4. The number of aliphatic hydroxyl groups is 1. The Bertz CT molecular complexity index is 1250. The number of hydrogen-bond donors (Lipinski definition) is 2. The predicted molar refractivity (Wildman–Crippen MR) is 270 cm³/mol. The molecule has 0 aromatic heterocycles. The number of rotatable bonds is 50. The number of phosphoric ester groups is 1. The summed E-state index contributed by atoms with van der Waals surface area (Å²) in [6.07, 6.45) is 48.3. The van der Waals surface area contributed by atoms with Crippen LogP contribution in [0.4, 0.5) is 0 Å². The van der Waals surface area contributed by atoms with Gasteiger partial charge in [-0.2, -0.15) is 0 Å². The summed E-state index contributed by atoms with van der Waals surface area (Å²) in [4.78, 5) is 48.3. The molecule has 0 fully saturated rings. The van der Waals surface area contributed by atoms with Gasteiger partial charge in [0.15, 0.2) is 6.10 Å². The minimum atomic E-state index is -4.73. The van der Waals surface area contributed by atoms with Gasteiger partial charge in [-0.15, -0.1) is 0 Å². The third-order valence-electron chi connectivity index (χ3n) is 11.6. The number of aliphatic hydroxyl groups excluding tert-OH is 1.